The predicted octanol–water partition coefficient (Wildman–Crippen LogP) is 5.17. The fraction of sp³-hybridized carbons (Fsp3) is 0.500. The van der Waals surface area contributed by atoms with Gasteiger partial charge in [-0.1, -0.05) is 19.1 Å². The third kappa shape index (κ3) is 4.99. The second-order valence-electron chi connectivity index (χ2n) is 11.7. The van der Waals surface area contributed by atoms with Gasteiger partial charge < -0.3 is 9.30 Å². The maximum atomic E-state index is 14.3. The van der Waals surface area contributed by atoms with Gasteiger partial charge in [-0.25, -0.2) is 4.79 Å². The van der Waals surface area contributed by atoms with E-state index in [4.69, 9.17) is 4.74 Å². The molecule has 4 heterocycles. The summed E-state index contributed by atoms with van der Waals surface area (Å²) in [6, 6.07) is 8.54. The lowest BCUT2D eigenvalue weighted by atomic mass is 9.68. The number of piperidine rings is 1. The summed E-state index contributed by atoms with van der Waals surface area (Å²) in [7, 11) is 3.57. The molecule has 8 nitrogen and oxygen atoms in total. The molecule has 1 saturated heterocycles. The van der Waals surface area contributed by atoms with Gasteiger partial charge in [0.15, 0.2) is 0 Å². The second-order valence-corrected chi connectivity index (χ2v) is 11.7. The molecule has 1 aliphatic carbocycles. The van der Waals surface area contributed by atoms with Crippen molar-refractivity contribution in [1.29, 1.82) is 0 Å². The highest BCUT2D eigenvalue weighted by Crippen LogP contribution is 2.49. The zero-order chi connectivity index (χ0) is 28.9. The van der Waals surface area contributed by atoms with Crippen LogP contribution in [0.1, 0.15) is 67.5 Å². The number of fused-ring (bicyclic) bond motifs is 1. The molecule has 1 saturated carbocycles. The first kappa shape index (κ1) is 27.7. The Kier molecular flexibility index (Phi) is 7.05. The fourth-order valence-corrected chi connectivity index (χ4v) is 6.66. The largest absolute Gasteiger partial charge is 0.418 e. The molecule has 2 atom stereocenters. The highest BCUT2D eigenvalue weighted by atomic mass is 19.4. The third-order valence-corrected chi connectivity index (χ3v) is 8.90. The van der Waals surface area contributed by atoms with Crippen molar-refractivity contribution in [1.82, 2.24) is 28.6 Å². The fourth-order valence-electron chi connectivity index (χ4n) is 6.66. The molecule has 2 fully saturated rings. The molecule has 1 aromatic carbocycles. The number of hydrogen-bond donors (Lipinski definition) is 0. The van der Waals surface area contributed by atoms with E-state index in [1.54, 1.807) is 25.7 Å². The van der Waals surface area contributed by atoms with Gasteiger partial charge in [-0.3, -0.25) is 13.9 Å². The van der Waals surface area contributed by atoms with E-state index in [2.05, 4.69) is 22.0 Å². The zero-order valence-electron chi connectivity index (χ0n) is 23.6. The van der Waals surface area contributed by atoms with Crippen LogP contribution in [0.4, 0.5) is 13.2 Å². The number of ether oxygens (including phenoxy) is 1. The van der Waals surface area contributed by atoms with Crippen LogP contribution in [0.2, 0.25) is 0 Å². The maximum Gasteiger partial charge on any atom is 0.418 e. The highest BCUT2D eigenvalue weighted by molar-refractivity contribution is 5.58. The average Bonchev–Trinajstić information content (AvgIpc) is 3.48. The lowest BCUT2D eigenvalue weighted by Crippen LogP contribution is -2.46. The lowest BCUT2D eigenvalue weighted by Gasteiger charge is -2.46. The van der Waals surface area contributed by atoms with Crippen LogP contribution >= 0.6 is 0 Å². The monoisotopic (exact) mass is 568 g/mol. The summed E-state index contributed by atoms with van der Waals surface area (Å²) in [5.74, 6) is 0.966. The average molecular weight is 569 g/mol. The van der Waals surface area contributed by atoms with Crippen molar-refractivity contribution in [3.63, 3.8) is 0 Å². The molecule has 11 heteroatoms. The Balaban J connectivity index is 1.44. The molecule has 3 aromatic heterocycles. The van der Waals surface area contributed by atoms with Crippen molar-refractivity contribution >= 4 is 5.52 Å². The minimum atomic E-state index is -4.61. The quantitative estimate of drug-likeness (QED) is 0.308. The number of rotatable bonds is 7. The van der Waals surface area contributed by atoms with Gasteiger partial charge in [0.05, 0.1) is 28.3 Å². The van der Waals surface area contributed by atoms with Gasteiger partial charge in [-0.05, 0) is 73.9 Å². The van der Waals surface area contributed by atoms with Gasteiger partial charge in [0.1, 0.15) is 12.2 Å². The number of pyridine rings is 1. The molecular weight excluding hydrogens is 533 g/mol. The van der Waals surface area contributed by atoms with Gasteiger partial charge in [0.25, 0.3) is 0 Å². The molecule has 0 N–H and O–H groups in total. The summed E-state index contributed by atoms with van der Waals surface area (Å²) in [6.45, 7) is 4.19. The van der Waals surface area contributed by atoms with E-state index in [0.29, 0.717) is 23.7 Å². The Bertz CT molecular complexity index is 1610. The topological polar surface area (TPSA) is 69.6 Å². The summed E-state index contributed by atoms with van der Waals surface area (Å²) in [4.78, 5) is 15.8. The smallest absolute Gasteiger partial charge is 0.377 e. The molecule has 0 unspecified atom stereocenters. The van der Waals surface area contributed by atoms with E-state index in [1.807, 2.05) is 29.8 Å². The molecule has 2 aliphatic rings. The third-order valence-electron chi connectivity index (χ3n) is 8.90. The normalized spacial score (nSPS) is 20.3. The van der Waals surface area contributed by atoms with Crippen molar-refractivity contribution in [2.45, 2.75) is 63.3 Å². The van der Waals surface area contributed by atoms with Gasteiger partial charge >= 0.3 is 11.9 Å². The molecule has 6 rings (SSSR count). The first-order chi connectivity index (χ1) is 19.6. The van der Waals surface area contributed by atoms with E-state index < -0.39 is 23.0 Å². The van der Waals surface area contributed by atoms with Gasteiger partial charge in [0.2, 0.25) is 0 Å². The highest BCUT2D eigenvalue weighted by Gasteiger charge is 2.48. The van der Waals surface area contributed by atoms with Crippen molar-refractivity contribution in [2.24, 2.45) is 13.0 Å². The van der Waals surface area contributed by atoms with Crippen LogP contribution in [0, 0.1) is 5.92 Å². The van der Waals surface area contributed by atoms with Gasteiger partial charge in [-0.2, -0.15) is 13.2 Å². The van der Waals surface area contributed by atoms with E-state index in [1.165, 1.54) is 16.8 Å². The molecule has 4 aromatic rings. The van der Waals surface area contributed by atoms with Crippen molar-refractivity contribution in [3.8, 4) is 5.69 Å². The van der Waals surface area contributed by atoms with Crippen molar-refractivity contribution in [3.05, 3.63) is 82.1 Å². The first-order valence-electron chi connectivity index (χ1n) is 14.2. The SMILES string of the molecule is COC1([C@H](c2cccc(-n3cc4c(C(F)(F)F)cc(CN5CCC[C@H](C)C5)cn4c3=O)c2)c2nncn2C)CCC1. The number of halogens is 3. The summed E-state index contributed by atoms with van der Waals surface area (Å²) in [5.41, 5.74) is -0.177. The van der Waals surface area contributed by atoms with Crippen LogP contribution in [0.5, 0.6) is 0 Å². The first-order valence-corrected chi connectivity index (χ1v) is 14.2. The number of hydrogen-bond acceptors (Lipinski definition) is 5. The summed E-state index contributed by atoms with van der Waals surface area (Å²) in [5, 5.41) is 8.45. The number of benzene rings is 1. The van der Waals surface area contributed by atoms with Crippen LogP contribution in [0.15, 0.2) is 53.8 Å². The van der Waals surface area contributed by atoms with E-state index in [-0.39, 0.29) is 11.4 Å². The van der Waals surface area contributed by atoms with Crippen LogP contribution in [-0.2, 0) is 24.5 Å². The number of aryl methyl sites for hydroxylation is 1. The van der Waals surface area contributed by atoms with E-state index in [9.17, 15) is 18.0 Å². The molecule has 0 radical (unpaired) electrons. The number of likely N-dealkylation sites (tertiary alicyclic amines) is 1. The van der Waals surface area contributed by atoms with Crippen LogP contribution in [0.25, 0.3) is 11.2 Å². The number of imidazole rings is 1. The Morgan fingerprint density at radius 2 is 1.98 bits per heavy atom. The predicted molar refractivity (Wildman–Crippen MR) is 148 cm³/mol. The van der Waals surface area contributed by atoms with Crippen molar-refractivity contribution < 1.29 is 17.9 Å². The van der Waals surface area contributed by atoms with Crippen molar-refractivity contribution in [2.75, 3.05) is 20.2 Å². The van der Waals surface area contributed by atoms with Gasteiger partial charge in [-0.15, -0.1) is 10.2 Å². The molecular formula is C30H35F3N6O2. The zero-order valence-corrected chi connectivity index (χ0v) is 23.6. The summed E-state index contributed by atoms with van der Waals surface area (Å²) < 4.78 is 53.2. The summed E-state index contributed by atoms with van der Waals surface area (Å²) >= 11 is 0. The maximum absolute atomic E-state index is 14.3. The molecule has 1 aliphatic heterocycles. The Labute approximate surface area is 236 Å². The Morgan fingerprint density at radius 3 is 2.61 bits per heavy atom. The number of nitrogens with zero attached hydrogens (tertiary/aromatic N) is 6. The minimum Gasteiger partial charge on any atom is -0.377 e. The lowest BCUT2D eigenvalue weighted by molar-refractivity contribution is -0.136. The number of aromatic nitrogens is 5. The molecule has 0 bridgehead atoms. The minimum absolute atomic E-state index is 0.166. The molecule has 218 valence electrons. The molecule has 0 spiro atoms. The second kappa shape index (κ2) is 10.4. The molecule has 0 amide bonds. The summed E-state index contributed by atoms with van der Waals surface area (Å²) in [6.07, 6.45) is 4.72. The number of methoxy groups -OCH3 is 1. The Hall–Kier alpha value is -3.44. The van der Waals surface area contributed by atoms with E-state index in [0.717, 1.165) is 61.0 Å². The van der Waals surface area contributed by atoms with Crippen LogP contribution in [-0.4, -0.2) is 54.4 Å². The standard InChI is InChI=1S/C30H35F3N6O2/c1-20-7-5-12-37(15-20)16-21-13-24(30(31,32)33)25-18-38(28(40)39(25)17-21)23-9-4-8-22(14-23)26(27-35-34-19-36(27)2)29(41-3)10-6-11-29/h4,8-9,13-14,17-20,26H,5-7,10-12,15-16H2,1-3H3/t20-,26+/m0/s1. The Morgan fingerprint density at radius 1 is 1.17 bits per heavy atom. The van der Waals surface area contributed by atoms with Crippen LogP contribution in [0.3, 0.4) is 0 Å². The van der Waals surface area contributed by atoms with E-state index >= 15 is 0 Å². The molecule has 41 heavy (non-hydrogen) atoms. The van der Waals surface area contributed by atoms with Gasteiger partial charge in [0, 0.05) is 39.6 Å². The van der Waals surface area contributed by atoms with Crippen LogP contribution < -0.4 is 5.69 Å². The number of alkyl halides is 3.